The van der Waals surface area contributed by atoms with Crippen molar-refractivity contribution in [3.8, 4) is 0 Å². The lowest BCUT2D eigenvalue weighted by molar-refractivity contribution is -0.445. The van der Waals surface area contributed by atoms with Crippen LogP contribution in [-0.2, 0) is 33.6 Å². The minimum absolute atomic E-state index is 0.00364. The van der Waals surface area contributed by atoms with Crippen molar-refractivity contribution < 1.29 is 38.5 Å². The zero-order valence-electron chi connectivity index (χ0n) is 21.3. The first kappa shape index (κ1) is 30.9. The smallest absolute Gasteiger partial charge is 0.308 e. The van der Waals surface area contributed by atoms with Crippen LogP contribution in [0.1, 0.15) is 58.6 Å². The zero-order valence-corrected chi connectivity index (χ0v) is 21.3. The number of rotatable bonds is 21. The molecule has 1 rings (SSSR count). The van der Waals surface area contributed by atoms with Gasteiger partial charge < -0.3 is 18.9 Å². The van der Waals surface area contributed by atoms with Gasteiger partial charge in [0.2, 0.25) is 0 Å². The monoisotopic (exact) mass is 500 g/mol. The molecule has 1 aromatic rings. The first-order valence-electron chi connectivity index (χ1n) is 12.2. The number of nitrogens with zero attached hydrogens (tertiary/aromatic N) is 2. The fraction of sp³-hybridized carbons (Fsp3) is 0.708. The molecule has 2 atom stereocenters. The van der Waals surface area contributed by atoms with Crippen molar-refractivity contribution in [1.82, 2.24) is 5.06 Å². The molecule has 0 N–H and O–H groups in total. The highest BCUT2D eigenvalue weighted by Gasteiger charge is 2.28. The number of nitro benzene ring substituents is 1. The Bertz CT molecular complexity index is 716. The average Bonchev–Trinajstić information content (AvgIpc) is 2.86. The molecule has 0 heterocycles. The van der Waals surface area contributed by atoms with Gasteiger partial charge in [0, 0.05) is 32.2 Å². The van der Waals surface area contributed by atoms with Crippen LogP contribution in [0.5, 0.6) is 0 Å². The molecule has 35 heavy (non-hydrogen) atoms. The van der Waals surface area contributed by atoms with E-state index in [4.69, 9.17) is 28.8 Å². The van der Waals surface area contributed by atoms with Gasteiger partial charge in [0.25, 0.3) is 5.69 Å². The van der Waals surface area contributed by atoms with E-state index < -0.39 is 23.1 Å². The summed E-state index contributed by atoms with van der Waals surface area (Å²) >= 11 is 0. The van der Waals surface area contributed by atoms with E-state index in [0.29, 0.717) is 58.1 Å². The van der Waals surface area contributed by atoms with Crippen molar-refractivity contribution in [2.75, 3.05) is 52.7 Å². The Morgan fingerprint density at radius 3 is 2.20 bits per heavy atom. The Morgan fingerprint density at radius 2 is 1.60 bits per heavy atom. The Kier molecular flexibility index (Phi) is 16.8. The number of para-hydroxylation sites is 1. The predicted molar refractivity (Wildman–Crippen MR) is 128 cm³/mol. The number of nitro groups is 1. The van der Waals surface area contributed by atoms with Crippen LogP contribution >= 0.6 is 0 Å². The number of hydrogen-bond donors (Lipinski definition) is 0. The fourth-order valence-electron chi connectivity index (χ4n) is 3.09. The normalized spacial score (nSPS) is 13.1. The highest BCUT2D eigenvalue weighted by atomic mass is 17.3. The summed E-state index contributed by atoms with van der Waals surface area (Å²) in [5, 5.41) is 13.2. The minimum atomic E-state index is -0.878. The summed E-state index contributed by atoms with van der Waals surface area (Å²) in [7, 11) is 0. The lowest BCUT2D eigenvalue weighted by Gasteiger charge is -2.25. The second-order valence-corrected chi connectivity index (χ2v) is 7.52. The molecule has 0 aromatic heterocycles. The fourth-order valence-corrected chi connectivity index (χ4v) is 3.09. The van der Waals surface area contributed by atoms with Gasteiger partial charge in [-0.05, 0) is 33.3 Å². The molecule has 11 heteroatoms. The summed E-state index contributed by atoms with van der Waals surface area (Å²) in [6, 6.07) is 6.22. The van der Waals surface area contributed by atoms with Gasteiger partial charge in [-0.15, -0.1) is 4.99 Å². The summed E-state index contributed by atoms with van der Waals surface area (Å²) < 4.78 is 21.6. The maximum absolute atomic E-state index is 12.5. The van der Waals surface area contributed by atoms with Crippen molar-refractivity contribution >= 4 is 11.7 Å². The van der Waals surface area contributed by atoms with Crippen molar-refractivity contribution in [3.63, 3.8) is 0 Å². The van der Waals surface area contributed by atoms with Gasteiger partial charge in [0.1, 0.15) is 6.10 Å². The van der Waals surface area contributed by atoms with Crippen LogP contribution in [0.2, 0.25) is 0 Å². The number of hydroxylamine groups is 2. The Balaban J connectivity index is 2.70. The Labute approximate surface area is 207 Å². The molecule has 0 radical (unpaired) electrons. The molecule has 0 amide bonds. The predicted octanol–water partition coefficient (Wildman–Crippen LogP) is 4.01. The lowest BCUT2D eigenvalue weighted by atomic mass is 10.0. The molecular formula is C24H40N2O9. The van der Waals surface area contributed by atoms with Gasteiger partial charge >= 0.3 is 5.97 Å². The van der Waals surface area contributed by atoms with Crippen LogP contribution in [0.15, 0.2) is 24.3 Å². The third-order valence-corrected chi connectivity index (χ3v) is 5.07. The van der Waals surface area contributed by atoms with Crippen LogP contribution in [0, 0.1) is 10.1 Å². The van der Waals surface area contributed by atoms with Crippen LogP contribution in [-0.4, -0.2) is 74.8 Å². The maximum atomic E-state index is 12.5. The largest absolute Gasteiger partial charge is 0.457 e. The summed E-state index contributed by atoms with van der Waals surface area (Å²) in [6.45, 7) is 11.5. The molecule has 0 aliphatic heterocycles. The molecule has 2 unspecified atom stereocenters. The third-order valence-electron chi connectivity index (χ3n) is 5.07. The summed E-state index contributed by atoms with van der Waals surface area (Å²) in [5.41, 5.74) is 0.185. The molecule has 0 aliphatic rings. The minimum Gasteiger partial charge on any atom is -0.457 e. The molecular weight excluding hydrogens is 460 g/mol. The molecule has 11 nitrogen and oxygen atoms in total. The van der Waals surface area contributed by atoms with E-state index in [9.17, 15) is 14.9 Å². The van der Waals surface area contributed by atoms with Gasteiger partial charge in [-0.3, -0.25) is 14.9 Å². The van der Waals surface area contributed by atoms with Gasteiger partial charge in [0.05, 0.1) is 56.0 Å². The van der Waals surface area contributed by atoms with E-state index in [-0.39, 0.29) is 25.1 Å². The summed E-state index contributed by atoms with van der Waals surface area (Å²) in [5.74, 6) is -0.523. The van der Waals surface area contributed by atoms with Crippen LogP contribution in [0.4, 0.5) is 5.69 Å². The highest BCUT2D eigenvalue weighted by molar-refractivity contribution is 5.70. The molecule has 0 fully saturated rings. The van der Waals surface area contributed by atoms with Gasteiger partial charge in [-0.25, -0.2) is 4.89 Å². The first-order valence-corrected chi connectivity index (χ1v) is 12.2. The van der Waals surface area contributed by atoms with E-state index in [1.165, 1.54) is 6.07 Å². The SMILES string of the molecule is CCOCCOCCOCCC(=O)OC(CC(CC)OON(CC)CC)c1ccccc1[N+](=O)[O-]. The van der Waals surface area contributed by atoms with Crippen LogP contribution < -0.4 is 0 Å². The van der Waals surface area contributed by atoms with Crippen molar-refractivity contribution in [3.05, 3.63) is 39.9 Å². The van der Waals surface area contributed by atoms with Gasteiger partial charge in [-0.1, -0.05) is 19.1 Å². The summed E-state index contributed by atoms with van der Waals surface area (Å²) in [6.07, 6.45) is -0.566. The molecule has 0 saturated carbocycles. The average molecular weight is 501 g/mol. The van der Waals surface area contributed by atoms with E-state index in [2.05, 4.69) is 0 Å². The third kappa shape index (κ3) is 12.9. The van der Waals surface area contributed by atoms with Gasteiger partial charge in [-0.2, -0.15) is 5.06 Å². The second kappa shape index (κ2) is 19.1. The summed E-state index contributed by atoms with van der Waals surface area (Å²) in [4.78, 5) is 34.5. The lowest BCUT2D eigenvalue weighted by Crippen LogP contribution is -2.28. The molecule has 0 aliphatic carbocycles. The number of esters is 1. The number of ether oxygens (including phenoxy) is 4. The van der Waals surface area contributed by atoms with Crippen LogP contribution in [0.25, 0.3) is 0 Å². The van der Waals surface area contributed by atoms with E-state index in [1.54, 1.807) is 23.3 Å². The molecule has 1 aromatic carbocycles. The molecule has 0 bridgehead atoms. The molecule has 200 valence electrons. The van der Waals surface area contributed by atoms with E-state index in [1.807, 2.05) is 27.7 Å². The van der Waals surface area contributed by atoms with Crippen LogP contribution in [0.3, 0.4) is 0 Å². The standard InChI is InChI=1S/C24H40N2O9/c1-5-20(34-35-25(6-2)7-3)19-23(21-11-9-10-12-22(21)26(28)29)33-24(27)13-14-31-17-18-32-16-15-30-8-4/h9-12,20,23H,5-8,13-19H2,1-4H3. The van der Waals surface area contributed by atoms with Crippen molar-refractivity contribution in [2.24, 2.45) is 0 Å². The first-order chi connectivity index (χ1) is 17.0. The number of carbonyl (C=O) groups excluding carboxylic acids is 1. The number of benzene rings is 1. The number of carbonyl (C=O) groups is 1. The van der Waals surface area contributed by atoms with Crippen molar-refractivity contribution in [1.29, 1.82) is 0 Å². The second-order valence-electron chi connectivity index (χ2n) is 7.52. The zero-order chi connectivity index (χ0) is 25.9. The van der Waals surface area contributed by atoms with Gasteiger partial charge in [0.15, 0.2) is 0 Å². The molecule has 0 saturated heterocycles. The number of hydrogen-bond acceptors (Lipinski definition) is 10. The van der Waals surface area contributed by atoms with Crippen molar-refractivity contribution in [2.45, 2.75) is 59.2 Å². The quantitative estimate of drug-likeness (QED) is 0.0805. The maximum Gasteiger partial charge on any atom is 0.308 e. The Hall–Kier alpha value is -2.15. The van der Waals surface area contributed by atoms with E-state index in [0.717, 1.165) is 0 Å². The Morgan fingerprint density at radius 1 is 0.971 bits per heavy atom. The molecule has 0 spiro atoms. The topological polar surface area (TPSA) is 119 Å². The highest BCUT2D eigenvalue weighted by Crippen LogP contribution is 2.32. The van der Waals surface area contributed by atoms with E-state index >= 15 is 0 Å².